The summed E-state index contributed by atoms with van der Waals surface area (Å²) in [5.74, 6) is -2.52. The first-order chi connectivity index (χ1) is 22.0. The summed E-state index contributed by atoms with van der Waals surface area (Å²) in [4.78, 5) is 54.6. The van der Waals surface area contributed by atoms with Gasteiger partial charge in [-0.15, -0.1) is 0 Å². The Balaban J connectivity index is 1.97. The number of hydrogen-bond donors (Lipinski definition) is 2. The molecular formula is C31H42N5O10P. The lowest BCUT2D eigenvalue weighted by molar-refractivity contribution is -0.159. The van der Waals surface area contributed by atoms with Gasteiger partial charge < -0.3 is 24.1 Å². The van der Waals surface area contributed by atoms with Crippen molar-refractivity contribution in [2.24, 2.45) is 17.3 Å². The fourth-order valence-corrected chi connectivity index (χ4v) is 5.90. The summed E-state index contributed by atoms with van der Waals surface area (Å²) in [5.41, 5.74) is -2.54. The number of amides is 1. The van der Waals surface area contributed by atoms with Crippen LogP contribution in [0.25, 0.3) is 0 Å². The summed E-state index contributed by atoms with van der Waals surface area (Å²) in [5, 5.41) is 15.5. The van der Waals surface area contributed by atoms with Crippen LogP contribution in [0.1, 0.15) is 61.6 Å². The van der Waals surface area contributed by atoms with Gasteiger partial charge in [0.05, 0.1) is 24.7 Å². The maximum absolute atomic E-state index is 14.1. The highest BCUT2D eigenvalue weighted by Crippen LogP contribution is 2.50. The molecule has 6 atom stereocenters. The molecule has 1 aliphatic heterocycles. The molecule has 1 amide bonds. The van der Waals surface area contributed by atoms with Crippen molar-refractivity contribution in [3.8, 4) is 11.8 Å². The smallest absolute Gasteiger partial charge is 0.459 e. The predicted octanol–water partition coefficient (Wildman–Crippen LogP) is 3.97. The molecule has 256 valence electrons. The number of anilines is 1. The zero-order chi connectivity index (χ0) is 35.1. The van der Waals surface area contributed by atoms with E-state index in [0.29, 0.717) is 0 Å². The van der Waals surface area contributed by atoms with Crippen molar-refractivity contribution in [1.82, 2.24) is 14.6 Å². The van der Waals surface area contributed by atoms with Crippen molar-refractivity contribution in [2.75, 3.05) is 11.9 Å². The maximum atomic E-state index is 14.1. The van der Waals surface area contributed by atoms with Gasteiger partial charge in [-0.05, 0) is 45.9 Å². The highest BCUT2D eigenvalue weighted by molar-refractivity contribution is 7.52. The minimum Gasteiger partial charge on any atom is -0.462 e. The Morgan fingerprint density at radius 3 is 2.28 bits per heavy atom. The van der Waals surface area contributed by atoms with Gasteiger partial charge in [-0.1, -0.05) is 45.9 Å². The first-order valence-electron chi connectivity index (χ1n) is 15.1. The van der Waals surface area contributed by atoms with Gasteiger partial charge in [-0.3, -0.25) is 23.5 Å². The number of hydrogen-bond acceptors (Lipinski definition) is 12. The molecule has 1 saturated heterocycles. The van der Waals surface area contributed by atoms with Gasteiger partial charge in [0.25, 0.3) is 0 Å². The number of esters is 2. The Morgan fingerprint density at radius 1 is 1.06 bits per heavy atom. The molecular weight excluding hydrogens is 633 g/mol. The van der Waals surface area contributed by atoms with Crippen LogP contribution in [-0.2, 0) is 37.7 Å². The van der Waals surface area contributed by atoms with Crippen LogP contribution in [0.5, 0.6) is 5.75 Å². The van der Waals surface area contributed by atoms with Gasteiger partial charge in [-0.25, -0.2) is 9.36 Å². The zero-order valence-corrected chi connectivity index (χ0v) is 28.6. The Morgan fingerprint density at radius 2 is 1.72 bits per heavy atom. The molecule has 2 N–H and O–H groups in total. The fraction of sp³-hybridized carbons (Fsp3) is 0.548. The first-order valence-corrected chi connectivity index (χ1v) is 16.7. The molecule has 1 aromatic heterocycles. The third kappa shape index (κ3) is 9.48. The SMILES string of the molecule is CC(C)OC(=O)C(C)NP(=O)(OCC1OC(n2ccc(NC(=O)C(C)C)nc2=O)C(C)(C#N)C1OC(=O)C(C)C)Oc1ccccc1. The highest BCUT2D eigenvalue weighted by atomic mass is 31.2. The van der Waals surface area contributed by atoms with Gasteiger partial charge in [0.2, 0.25) is 5.91 Å². The van der Waals surface area contributed by atoms with E-state index < -0.39 is 73.9 Å². The second kappa shape index (κ2) is 15.7. The Kier molecular flexibility index (Phi) is 12.5. The lowest BCUT2D eigenvalue weighted by atomic mass is 9.83. The third-order valence-corrected chi connectivity index (χ3v) is 8.64. The summed E-state index contributed by atoms with van der Waals surface area (Å²) in [6.07, 6.45) is -3.09. The molecule has 1 fully saturated rings. The molecule has 1 aliphatic rings. The second-order valence-corrected chi connectivity index (χ2v) is 13.8. The van der Waals surface area contributed by atoms with E-state index in [2.05, 4.69) is 21.5 Å². The molecule has 0 spiro atoms. The normalized spacial score (nSPS) is 22.7. The van der Waals surface area contributed by atoms with E-state index >= 15 is 0 Å². The molecule has 1 aromatic carbocycles. The monoisotopic (exact) mass is 675 g/mol. The lowest BCUT2D eigenvalue weighted by Crippen LogP contribution is -2.43. The van der Waals surface area contributed by atoms with Crippen LogP contribution in [0.15, 0.2) is 47.4 Å². The zero-order valence-electron chi connectivity index (χ0n) is 27.7. The molecule has 0 radical (unpaired) electrons. The average molecular weight is 676 g/mol. The number of carbonyl (C=O) groups is 3. The summed E-state index contributed by atoms with van der Waals surface area (Å²) >= 11 is 0. The van der Waals surface area contributed by atoms with Crippen LogP contribution in [0.3, 0.4) is 0 Å². The van der Waals surface area contributed by atoms with Crippen LogP contribution in [0.4, 0.5) is 5.82 Å². The van der Waals surface area contributed by atoms with Crippen molar-refractivity contribution in [3.63, 3.8) is 0 Å². The number of nitrogens with zero attached hydrogens (tertiary/aromatic N) is 3. The van der Waals surface area contributed by atoms with Crippen molar-refractivity contribution < 1.29 is 42.2 Å². The Labute approximate surface area is 273 Å². The average Bonchev–Trinajstić information content (AvgIpc) is 3.27. The van der Waals surface area contributed by atoms with Crippen LogP contribution >= 0.6 is 7.75 Å². The molecule has 0 bridgehead atoms. The molecule has 15 nitrogen and oxygen atoms in total. The van der Waals surface area contributed by atoms with Crippen molar-refractivity contribution in [1.29, 1.82) is 5.26 Å². The van der Waals surface area contributed by atoms with Crippen molar-refractivity contribution in [3.05, 3.63) is 53.1 Å². The van der Waals surface area contributed by atoms with Crippen molar-refractivity contribution in [2.45, 2.75) is 86.0 Å². The Hall–Kier alpha value is -4.09. The summed E-state index contributed by atoms with van der Waals surface area (Å²) in [6, 6.07) is 10.4. The molecule has 3 rings (SSSR count). The quantitative estimate of drug-likeness (QED) is 0.216. The van der Waals surface area contributed by atoms with Crippen LogP contribution in [0, 0.1) is 28.6 Å². The summed E-state index contributed by atoms with van der Waals surface area (Å²) < 4.78 is 43.7. The minimum absolute atomic E-state index is 0.000497. The number of benzene rings is 1. The maximum Gasteiger partial charge on any atom is 0.459 e. The molecule has 0 saturated carbocycles. The van der Waals surface area contributed by atoms with Crippen LogP contribution in [0.2, 0.25) is 0 Å². The van der Waals surface area contributed by atoms with E-state index in [-0.39, 0.29) is 23.4 Å². The molecule has 0 aliphatic carbocycles. The number of aromatic nitrogens is 2. The molecule has 16 heteroatoms. The van der Waals surface area contributed by atoms with E-state index in [1.54, 1.807) is 59.7 Å². The van der Waals surface area contributed by atoms with Gasteiger partial charge in [-0.2, -0.15) is 15.3 Å². The topological polar surface area (TPSA) is 197 Å². The van der Waals surface area contributed by atoms with Gasteiger partial charge >= 0.3 is 25.4 Å². The number of nitriles is 1. The highest BCUT2D eigenvalue weighted by Gasteiger charge is 2.58. The van der Waals surface area contributed by atoms with Crippen LogP contribution in [-0.4, -0.2) is 58.4 Å². The summed E-state index contributed by atoms with van der Waals surface area (Å²) in [6.45, 7) is 12.2. The number of rotatable bonds is 14. The molecule has 2 heterocycles. The molecule has 2 aromatic rings. The van der Waals surface area contributed by atoms with E-state index in [1.807, 2.05) is 0 Å². The lowest BCUT2D eigenvalue weighted by Gasteiger charge is -2.29. The van der Waals surface area contributed by atoms with Gasteiger partial charge in [0.15, 0.2) is 12.3 Å². The standard InChI is InChI=1S/C31H42N5O10P/c1-18(2)26(37)33-24-14-15-36(30(40)34-24)29-31(8,17-32)25(45-27(38)19(3)4)23(44-29)16-42-47(41,46-22-12-10-9-11-13-22)35-21(7)28(39)43-20(5)6/h9-15,18-21,23,25,29H,16H2,1-8H3,(H,35,41)(H,33,34,37,40). The van der Waals surface area contributed by atoms with E-state index in [1.165, 1.54) is 38.2 Å². The number of para-hydroxylation sites is 1. The largest absolute Gasteiger partial charge is 0.462 e. The molecule has 47 heavy (non-hydrogen) atoms. The Bertz CT molecular complexity index is 1570. The summed E-state index contributed by atoms with van der Waals surface area (Å²) in [7, 11) is -4.38. The predicted molar refractivity (Wildman–Crippen MR) is 169 cm³/mol. The van der Waals surface area contributed by atoms with E-state index in [4.69, 9.17) is 23.3 Å². The third-order valence-electron chi connectivity index (χ3n) is 6.99. The number of nitrogens with one attached hydrogen (secondary N) is 2. The number of ether oxygens (including phenoxy) is 3. The van der Waals surface area contributed by atoms with Crippen LogP contribution < -0.4 is 20.6 Å². The van der Waals surface area contributed by atoms with Crippen molar-refractivity contribution >= 4 is 31.4 Å². The molecule has 6 unspecified atom stereocenters. The second-order valence-electron chi connectivity index (χ2n) is 12.1. The number of carbonyl (C=O) groups excluding carboxylic acids is 3. The van der Waals surface area contributed by atoms with E-state index in [9.17, 15) is 29.0 Å². The first kappa shape index (κ1) is 37.4. The van der Waals surface area contributed by atoms with Gasteiger partial charge in [0, 0.05) is 12.1 Å². The van der Waals surface area contributed by atoms with Gasteiger partial charge in [0.1, 0.15) is 29.1 Å². The fourth-order valence-electron chi connectivity index (χ4n) is 4.40. The minimum atomic E-state index is -4.38. The van der Waals surface area contributed by atoms with E-state index in [0.717, 1.165) is 4.57 Å².